The second-order valence-electron chi connectivity index (χ2n) is 6.69. The van der Waals surface area contributed by atoms with E-state index >= 15 is 0 Å². The number of carbonyl (C=O) groups is 1. The molecule has 1 aromatic heterocycles. The van der Waals surface area contributed by atoms with Gasteiger partial charge in [0.25, 0.3) is 5.91 Å². The van der Waals surface area contributed by atoms with E-state index in [0.29, 0.717) is 18.0 Å². The zero-order valence-corrected chi connectivity index (χ0v) is 16.7. The molecule has 0 atom stereocenters. The highest BCUT2D eigenvalue weighted by Gasteiger charge is 2.12. The van der Waals surface area contributed by atoms with Gasteiger partial charge in [-0.05, 0) is 29.2 Å². The maximum Gasteiger partial charge on any atom is 0.251 e. The highest BCUT2D eigenvalue weighted by molar-refractivity contribution is 7.98. The van der Waals surface area contributed by atoms with Crippen LogP contribution in [0, 0.1) is 0 Å². The number of nitrogens with one attached hydrogen (secondary N) is 1. The van der Waals surface area contributed by atoms with Crippen molar-refractivity contribution in [3.63, 3.8) is 0 Å². The van der Waals surface area contributed by atoms with Crippen LogP contribution in [0.4, 0.5) is 0 Å². The van der Waals surface area contributed by atoms with Crippen LogP contribution in [0.3, 0.4) is 0 Å². The molecule has 0 fully saturated rings. The van der Waals surface area contributed by atoms with Crippen LogP contribution in [-0.4, -0.2) is 20.7 Å². The molecule has 0 saturated carbocycles. The molecule has 1 amide bonds. The lowest BCUT2D eigenvalue weighted by Gasteiger charge is -2.08. The van der Waals surface area contributed by atoms with Crippen LogP contribution in [0.25, 0.3) is 0 Å². The molecule has 0 spiro atoms. The van der Waals surface area contributed by atoms with Crippen LogP contribution in [0.15, 0.2) is 59.8 Å². The zero-order valence-electron chi connectivity index (χ0n) is 15.8. The van der Waals surface area contributed by atoms with Gasteiger partial charge in [0.15, 0.2) is 11.0 Å². The number of hydrogen-bond acceptors (Lipinski definition) is 4. The SMILES string of the molecule is CC(C)c1ccc(C(=O)NCc2nnc(SCc3ccccc3)n2C)cc1. The second kappa shape index (κ2) is 8.86. The molecule has 0 saturated heterocycles. The predicted octanol–water partition coefficient (Wildman–Crippen LogP) is 4.16. The normalized spacial score (nSPS) is 11.0. The van der Waals surface area contributed by atoms with Crippen molar-refractivity contribution in [2.24, 2.45) is 7.05 Å². The Morgan fingerprint density at radius 3 is 2.44 bits per heavy atom. The Labute approximate surface area is 164 Å². The number of hydrogen-bond donors (Lipinski definition) is 1. The molecule has 2 aromatic carbocycles. The summed E-state index contributed by atoms with van der Waals surface area (Å²) in [7, 11) is 1.92. The number of thioether (sulfide) groups is 1. The van der Waals surface area contributed by atoms with E-state index in [-0.39, 0.29) is 5.91 Å². The van der Waals surface area contributed by atoms with Gasteiger partial charge in [0.2, 0.25) is 0 Å². The largest absolute Gasteiger partial charge is 0.345 e. The quantitative estimate of drug-likeness (QED) is 0.625. The topological polar surface area (TPSA) is 59.8 Å². The summed E-state index contributed by atoms with van der Waals surface area (Å²) in [5.74, 6) is 1.92. The summed E-state index contributed by atoms with van der Waals surface area (Å²) in [5.41, 5.74) is 3.12. The fourth-order valence-electron chi connectivity index (χ4n) is 2.63. The van der Waals surface area contributed by atoms with Gasteiger partial charge in [0, 0.05) is 18.4 Å². The first-order valence-corrected chi connectivity index (χ1v) is 9.96. The minimum atomic E-state index is -0.105. The van der Waals surface area contributed by atoms with Crippen molar-refractivity contribution in [3.05, 3.63) is 77.1 Å². The zero-order chi connectivity index (χ0) is 19.2. The Morgan fingerprint density at radius 1 is 1.07 bits per heavy atom. The molecule has 0 bridgehead atoms. The summed E-state index contributed by atoms with van der Waals surface area (Å²) >= 11 is 1.63. The first-order chi connectivity index (χ1) is 13.0. The number of carbonyl (C=O) groups excluding carboxylic acids is 1. The number of amides is 1. The first kappa shape index (κ1) is 19.2. The molecular weight excluding hydrogens is 356 g/mol. The fourth-order valence-corrected chi connectivity index (χ4v) is 3.51. The number of nitrogens with zero attached hydrogens (tertiary/aromatic N) is 3. The number of rotatable bonds is 7. The van der Waals surface area contributed by atoms with E-state index in [1.165, 1.54) is 11.1 Å². The number of benzene rings is 2. The van der Waals surface area contributed by atoms with Crippen molar-refractivity contribution in [2.45, 2.75) is 37.2 Å². The predicted molar refractivity (Wildman–Crippen MR) is 109 cm³/mol. The van der Waals surface area contributed by atoms with Crippen molar-refractivity contribution in [1.82, 2.24) is 20.1 Å². The van der Waals surface area contributed by atoms with E-state index in [1.807, 2.05) is 54.1 Å². The third kappa shape index (κ3) is 4.98. The Bertz CT molecular complexity index is 888. The number of aromatic nitrogens is 3. The van der Waals surface area contributed by atoms with Crippen LogP contribution in [0.1, 0.15) is 47.1 Å². The molecule has 27 heavy (non-hydrogen) atoms. The van der Waals surface area contributed by atoms with Crippen LogP contribution < -0.4 is 5.32 Å². The molecule has 0 aliphatic heterocycles. The van der Waals surface area contributed by atoms with Gasteiger partial charge in [-0.15, -0.1) is 10.2 Å². The third-order valence-electron chi connectivity index (χ3n) is 4.38. The van der Waals surface area contributed by atoms with Gasteiger partial charge in [-0.25, -0.2) is 0 Å². The van der Waals surface area contributed by atoms with Crippen molar-refractivity contribution in [3.8, 4) is 0 Å². The molecule has 6 heteroatoms. The Kier molecular flexibility index (Phi) is 6.29. The van der Waals surface area contributed by atoms with E-state index < -0.39 is 0 Å². The van der Waals surface area contributed by atoms with Gasteiger partial charge in [0.1, 0.15) is 0 Å². The average Bonchev–Trinajstić information content (AvgIpc) is 3.05. The van der Waals surface area contributed by atoms with E-state index in [4.69, 9.17) is 0 Å². The fraction of sp³-hybridized carbons (Fsp3) is 0.286. The lowest BCUT2D eigenvalue weighted by molar-refractivity contribution is 0.0949. The van der Waals surface area contributed by atoms with E-state index in [2.05, 4.69) is 41.5 Å². The Balaban J connectivity index is 1.56. The highest BCUT2D eigenvalue weighted by Crippen LogP contribution is 2.21. The van der Waals surface area contributed by atoms with Crippen molar-refractivity contribution >= 4 is 17.7 Å². The van der Waals surface area contributed by atoms with Gasteiger partial charge in [-0.3, -0.25) is 4.79 Å². The van der Waals surface area contributed by atoms with E-state index in [0.717, 1.165) is 16.7 Å². The van der Waals surface area contributed by atoms with Crippen LogP contribution in [0.5, 0.6) is 0 Å². The maximum atomic E-state index is 12.4. The molecule has 0 aliphatic rings. The highest BCUT2D eigenvalue weighted by atomic mass is 32.2. The Morgan fingerprint density at radius 2 is 1.78 bits per heavy atom. The van der Waals surface area contributed by atoms with Crippen molar-refractivity contribution < 1.29 is 4.79 Å². The van der Waals surface area contributed by atoms with Gasteiger partial charge >= 0.3 is 0 Å². The lowest BCUT2D eigenvalue weighted by Crippen LogP contribution is -2.24. The molecule has 0 radical (unpaired) electrons. The van der Waals surface area contributed by atoms with Gasteiger partial charge < -0.3 is 9.88 Å². The van der Waals surface area contributed by atoms with Crippen LogP contribution in [-0.2, 0) is 19.3 Å². The summed E-state index contributed by atoms with van der Waals surface area (Å²) in [6.07, 6.45) is 0. The van der Waals surface area contributed by atoms with Crippen molar-refractivity contribution in [2.75, 3.05) is 0 Å². The molecule has 1 N–H and O–H groups in total. The first-order valence-electron chi connectivity index (χ1n) is 8.97. The molecule has 140 valence electrons. The Hall–Kier alpha value is -2.60. The van der Waals surface area contributed by atoms with Crippen molar-refractivity contribution in [1.29, 1.82) is 0 Å². The van der Waals surface area contributed by atoms with Gasteiger partial charge in [-0.2, -0.15) is 0 Å². The third-order valence-corrected chi connectivity index (χ3v) is 5.47. The van der Waals surface area contributed by atoms with Crippen LogP contribution in [0.2, 0.25) is 0 Å². The summed E-state index contributed by atoms with van der Waals surface area (Å²) < 4.78 is 1.93. The summed E-state index contributed by atoms with van der Waals surface area (Å²) in [6, 6.07) is 18.0. The van der Waals surface area contributed by atoms with Crippen LogP contribution >= 0.6 is 11.8 Å². The van der Waals surface area contributed by atoms with E-state index in [9.17, 15) is 4.79 Å². The smallest absolute Gasteiger partial charge is 0.251 e. The standard InChI is InChI=1S/C21H24N4OS/c1-15(2)17-9-11-18(12-10-17)20(26)22-13-19-23-24-21(25(19)3)27-14-16-7-5-4-6-8-16/h4-12,15H,13-14H2,1-3H3,(H,22,26). The van der Waals surface area contributed by atoms with Gasteiger partial charge in [-0.1, -0.05) is 68.1 Å². The second-order valence-corrected chi connectivity index (χ2v) is 7.63. The maximum absolute atomic E-state index is 12.4. The molecule has 3 rings (SSSR count). The molecule has 3 aromatic rings. The molecular formula is C21H24N4OS. The summed E-state index contributed by atoms with van der Waals surface area (Å²) in [5, 5.41) is 12.2. The minimum Gasteiger partial charge on any atom is -0.345 e. The average molecular weight is 381 g/mol. The summed E-state index contributed by atoms with van der Waals surface area (Å²) in [4.78, 5) is 12.4. The van der Waals surface area contributed by atoms with Gasteiger partial charge in [0.05, 0.1) is 6.54 Å². The summed E-state index contributed by atoms with van der Waals surface area (Å²) in [6.45, 7) is 4.62. The molecule has 5 nitrogen and oxygen atoms in total. The molecule has 1 heterocycles. The minimum absolute atomic E-state index is 0.105. The molecule has 0 unspecified atom stereocenters. The lowest BCUT2D eigenvalue weighted by atomic mass is 10.0. The van der Waals surface area contributed by atoms with E-state index in [1.54, 1.807) is 11.8 Å². The monoisotopic (exact) mass is 380 g/mol. The molecule has 0 aliphatic carbocycles.